The SMILES string of the molecule is CNC(C)C1CCN(c2cc(C)nc3ncnn23)CC1. The molecule has 20 heavy (non-hydrogen) atoms. The molecule has 1 aliphatic heterocycles. The van der Waals surface area contributed by atoms with Gasteiger partial charge in [-0.25, -0.2) is 4.98 Å². The van der Waals surface area contributed by atoms with Gasteiger partial charge in [-0.2, -0.15) is 14.6 Å². The third kappa shape index (κ3) is 2.35. The van der Waals surface area contributed by atoms with Gasteiger partial charge in [-0.1, -0.05) is 0 Å². The first-order valence-electron chi connectivity index (χ1n) is 7.28. The molecule has 1 saturated heterocycles. The third-order valence-corrected chi connectivity index (χ3v) is 4.39. The molecule has 1 aliphatic rings. The van der Waals surface area contributed by atoms with Gasteiger partial charge in [-0.15, -0.1) is 0 Å². The standard InChI is InChI=1S/C14H22N6/c1-10-8-13(20-14(18-10)16-9-17-20)19-6-4-12(5-7-19)11(2)15-3/h8-9,11-12,15H,4-7H2,1-3H3. The Hall–Kier alpha value is -1.69. The summed E-state index contributed by atoms with van der Waals surface area (Å²) in [5, 5.41) is 7.66. The summed E-state index contributed by atoms with van der Waals surface area (Å²) >= 11 is 0. The Balaban J connectivity index is 1.81. The summed E-state index contributed by atoms with van der Waals surface area (Å²) in [5.41, 5.74) is 0.992. The van der Waals surface area contributed by atoms with Crippen LogP contribution in [0, 0.1) is 12.8 Å². The van der Waals surface area contributed by atoms with Crippen LogP contribution in [0.3, 0.4) is 0 Å². The Morgan fingerprint density at radius 1 is 1.35 bits per heavy atom. The highest BCUT2D eigenvalue weighted by Gasteiger charge is 2.24. The van der Waals surface area contributed by atoms with E-state index in [1.54, 1.807) is 6.33 Å². The monoisotopic (exact) mass is 274 g/mol. The van der Waals surface area contributed by atoms with Gasteiger partial charge in [0.15, 0.2) is 0 Å². The molecule has 1 atom stereocenters. The van der Waals surface area contributed by atoms with E-state index in [0.29, 0.717) is 11.8 Å². The number of nitrogens with one attached hydrogen (secondary N) is 1. The van der Waals surface area contributed by atoms with E-state index in [1.165, 1.54) is 12.8 Å². The molecule has 0 aromatic carbocycles. The minimum atomic E-state index is 0.586. The number of fused-ring (bicyclic) bond motifs is 1. The molecule has 6 nitrogen and oxygen atoms in total. The summed E-state index contributed by atoms with van der Waals surface area (Å²) in [4.78, 5) is 11.0. The minimum absolute atomic E-state index is 0.586. The average molecular weight is 274 g/mol. The average Bonchev–Trinajstić information content (AvgIpc) is 2.94. The molecule has 0 radical (unpaired) electrons. The number of aromatic nitrogens is 4. The van der Waals surface area contributed by atoms with Crippen LogP contribution in [0.1, 0.15) is 25.5 Å². The van der Waals surface area contributed by atoms with Crippen LogP contribution in [-0.4, -0.2) is 45.8 Å². The van der Waals surface area contributed by atoms with Gasteiger partial charge in [0.25, 0.3) is 5.78 Å². The van der Waals surface area contributed by atoms with Gasteiger partial charge in [0.05, 0.1) is 0 Å². The first-order valence-corrected chi connectivity index (χ1v) is 7.28. The summed E-state index contributed by atoms with van der Waals surface area (Å²) in [6.07, 6.45) is 3.99. The van der Waals surface area contributed by atoms with E-state index in [9.17, 15) is 0 Å². The van der Waals surface area contributed by atoms with Gasteiger partial charge in [0.2, 0.25) is 0 Å². The topological polar surface area (TPSA) is 58.3 Å². The molecule has 0 bridgehead atoms. The lowest BCUT2D eigenvalue weighted by Gasteiger charge is -2.35. The van der Waals surface area contributed by atoms with Crippen molar-refractivity contribution < 1.29 is 0 Å². The molecule has 0 saturated carbocycles. The van der Waals surface area contributed by atoms with Crippen molar-refractivity contribution in [2.75, 3.05) is 25.0 Å². The molecular formula is C14H22N6. The summed E-state index contributed by atoms with van der Waals surface area (Å²) in [6, 6.07) is 2.69. The number of nitrogens with zero attached hydrogens (tertiary/aromatic N) is 5. The number of piperidine rings is 1. The molecule has 3 rings (SSSR count). The number of anilines is 1. The van der Waals surface area contributed by atoms with Crippen molar-refractivity contribution >= 4 is 11.6 Å². The lowest BCUT2D eigenvalue weighted by atomic mass is 9.90. The van der Waals surface area contributed by atoms with E-state index in [0.717, 1.165) is 30.5 Å². The van der Waals surface area contributed by atoms with Crippen LogP contribution in [0.4, 0.5) is 5.82 Å². The quantitative estimate of drug-likeness (QED) is 0.913. The Morgan fingerprint density at radius 3 is 2.80 bits per heavy atom. The van der Waals surface area contributed by atoms with E-state index >= 15 is 0 Å². The van der Waals surface area contributed by atoms with Crippen LogP contribution in [0.25, 0.3) is 5.78 Å². The highest BCUT2D eigenvalue weighted by Crippen LogP contribution is 2.25. The van der Waals surface area contributed by atoms with Crippen LogP contribution in [0.5, 0.6) is 0 Å². The first kappa shape index (κ1) is 13.3. The van der Waals surface area contributed by atoms with E-state index in [2.05, 4.69) is 38.3 Å². The third-order valence-electron chi connectivity index (χ3n) is 4.39. The molecule has 2 aromatic heterocycles. The van der Waals surface area contributed by atoms with Crippen LogP contribution in [0.15, 0.2) is 12.4 Å². The van der Waals surface area contributed by atoms with E-state index in [1.807, 2.05) is 18.5 Å². The van der Waals surface area contributed by atoms with Crippen LogP contribution < -0.4 is 10.2 Å². The predicted octanol–water partition coefficient (Wildman–Crippen LogP) is 1.26. The van der Waals surface area contributed by atoms with Gasteiger partial charge >= 0.3 is 0 Å². The van der Waals surface area contributed by atoms with Gasteiger partial charge in [0.1, 0.15) is 12.1 Å². The zero-order valence-electron chi connectivity index (χ0n) is 12.4. The van der Waals surface area contributed by atoms with Crippen molar-refractivity contribution in [3.8, 4) is 0 Å². The van der Waals surface area contributed by atoms with Crippen molar-refractivity contribution in [2.45, 2.75) is 32.7 Å². The fourth-order valence-electron chi connectivity index (χ4n) is 3.00. The van der Waals surface area contributed by atoms with Crippen LogP contribution in [-0.2, 0) is 0 Å². The maximum Gasteiger partial charge on any atom is 0.254 e. The highest BCUT2D eigenvalue weighted by atomic mass is 15.4. The summed E-state index contributed by atoms with van der Waals surface area (Å²) in [5.74, 6) is 2.55. The van der Waals surface area contributed by atoms with Crippen molar-refractivity contribution in [3.63, 3.8) is 0 Å². The largest absolute Gasteiger partial charge is 0.356 e. The van der Waals surface area contributed by atoms with Gasteiger partial charge in [0, 0.05) is 30.9 Å². The van der Waals surface area contributed by atoms with Crippen molar-refractivity contribution in [1.82, 2.24) is 24.9 Å². The molecular weight excluding hydrogens is 252 g/mol. The molecule has 0 amide bonds. The molecule has 1 fully saturated rings. The number of aryl methyl sites for hydroxylation is 1. The second-order valence-electron chi connectivity index (χ2n) is 5.63. The zero-order chi connectivity index (χ0) is 14.1. The molecule has 3 heterocycles. The Morgan fingerprint density at radius 2 is 2.10 bits per heavy atom. The number of rotatable bonds is 3. The smallest absolute Gasteiger partial charge is 0.254 e. The number of hydrogen-bond donors (Lipinski definition) is 1. The van der Waals surface area contributed by atoms with Gasteiger partial charge < -0.3 is 10.2 Å². The Kier molecular flexibility index (Phi) is 3.56. The van der Waals surface area contributed by atoms with Gasteiger partial charge in [-0.3, -0.25) is 0 Å². The van der Waals surface area contributed by atoms with E-state index in [4.69, 9.17) is 0 Å². The fourth-order valence-corrected chi connectivity index (χ4v) is 3.00. The molecule has 0 aliphatic carbocycles. The second kappa shape index (κ2) is 5.36. The molecule has 1 unspecified atom stereocenters. The lowest BCUT2D eigenvalue weighted by Crippen LogP contribution is -2.41. The normalized spacial score (nSPS) is 18.6. The molecule has 108 valence electrons. The maximum atomic E-state index is 4.40. The van der Waals surface area contributed by atoms with Gasteiger partial charge in [-0.05, 0) is 39.7 Å². The van der Waals surface area contributed by atoms with E-state index in [-0.39, 0.29) is 0 Å². The Labute approximate surface area is 119 Å². The van der Waals surface area contributed by atoms with E-state index < -0.39 is 0 Å². The van der Waals surface area contributed by atoms with Crippen molar-refractivity contribution in [2.24, 2.45) is 5.92 Å². The zero-order valence-corrected chi connectivity index (χ0v) is 12.4. The Bertz CT molecular complexity index is 584. The fraction of sp³-hybridized carbons (Fsp3) is 0.643. The van der Waals surface area contributed by atoms with Crippen LogP contribution in [0.2, 0.25) is 0 Å². The van der Waals surface area contributed by atoms with Crippen LogP contribution >= 0.6 is 0 Å². The summed E-state index contributed by atoms with van der Waals surface area (Å²) in [6.45, 7) is 6.41. The molecule has 0 spiro atoms. The summed E-state index contributed by atoms with van der Waals surface area (Å²) in [7, 11) is 2.04. The van der Waals surface area contributed by atoms with Crippen molar-refractivity contribution in [3.05, 3.63) is 18.1 Å². The molecule has 2 aromatic rings. The number of hydrogen-bond acceptors (Lipinski definition) is 5. The second-order valence-corrected chi connectivity index (χ2v) is 5.63. The highest BCUT2D eigenvalue weighted by molar-refractivity contribution is 5.47. The molecule has 1 N–H and O–H groups in total. The summed E-state index contributed by atoms with van der Waals surface area (Å²) < 4.78 is 1.84. The lowest BCUT2D eigenvalue weighted by molar-refractivity contribution is 0.322. The maximum absolute atomic E-state index is 4.40. The predicted molar refractivity (Wildman–Crippen MR) is 79.0 cm³/mol. The minimum Gasteiger partial charge on any atom is -0.356 e. The van der Waals surface area contributed by atoms with Crippen molar-refractivity contribution in [1.29, 1.82) is 0 Å². The molecule has 6 heteroatoms. The first-order chi connectivity index (χ1) is 9.69.